The molecule has 0 bridgehead atoms. The van der Waals surface area contributed by atoms with Gasteiger partial charge in [0.25, 0.3) is 0 Å². The average molecular weight is 410 g/mol. The lowest BCUT2D eigenvalue weighted by Gasteiger charge is -2.16. The summed E-state index contributed by atoms with van der Waals surface area (Å²) in [5, 5.41) is 6.48. The van der Waals surface area contributed by atoms with Gasteiger partial charge in [-0.3, -0.25) is 4.79 Å². The second-order valence-corrected chi connectivity index (χ2v) is 9.17. The van der Waals surface area contributed by atoms with Crippen LogP contribution in [-0.2, 0) is 14.8 Å². The SMILES string of the molecule is CN(C)S(=O)(=O)C1SC=C(NC(=O)Nc2cccc(Cl)c2Cl)C1=O. The fraction of sp³-hybridized carbons (Fsp3) is 0.231. The number of hydrogen-bond acceptors (Lipinski definition) is 5. The molecule has 0 radical (unpaired) electrons. The first-order valence-corrected chi connectivity index (χ1v) is 9.68. The number of benzene rings is 1. The third-order valence-electron chi connectivity index (χ3n) is 3.02. The first kappa shape index (κ1) is 19.1. The summed E-state index contributed by atoms with van der Waals surface area (Å²) in [4.78, 5) is 24.2. The van der Waals surface area contributed by atoms with Gasteiger partial charge in [0.1, 0.15) is 0 Å². The van der Waals surface area contributed by atoms with Crippen molar-refractivity contribution < 1.29 is 18.0 Å². The molecule has 0 aromatic heterocycles. The average Bonchev–Trinajstić information content (AvgIpc) is 2.85. The Morgan fingerprint density at radius 1 is 1.25 bits per heavy atom. The summed E-state index contributed by atoms with van der Waals surface area (Å²) in [6.07, 6.45) is 0. The van der Waals surface area contributed by atoms with Gasteiger partial charge in [-0.25, -0.2) is 17.5 Å². The topological polar surface area (TPSA) is 95.6 Å². The molecule has 2 rings (SSSR count). The molecule has 1 atom stereocenters. The van der Waals surface area contributed by atoms with Gasteiger partial charge in [0.2, 0.25) is 15.8 Å². The Balaban J connectivity index is 2.06. The number of Topliss-reactive ketones (excluding diaryl/α,β-unsaturated/α-hetero) is 1. The standard InChI is InChI=1S/C13H13Cl2N3O4S2/c1-18(2)24(21,22)12-11(19)9(6-23-12)17-13(20)16-8-5-3-4-7(14)10(8)15/h3-6,12H,1-2H3,(H2,16,17,20). The van der Waals surface area contributed by atoms with Crippen LogP contribution >= 0.6 is 35.0 Å². The second-order valence-electron chi connectivity index (χ2n) is 4.87. The zero-order valence-electron chi connectivity index (χ0n) is 12.5. The molecule has 1 heterocycles. The molecule has 2 N–H and O–H groups in total. The number of sulfonamides is 1. The van der Waals surface area contributed by atoms with Gasteiger partial charge >= 0.3 is 6.03 Å². The van der Waals surface area contributed by atoms with Crippen LogP contribution in [0.3, 0.4) is 0 Å². The number of allylic oxidation sites excluding steroid dienone is 1. The minimum Gasteiger partial charge on any atom is -0.306 e. The number of carbonyl (C=O) groups is 2. The molecule has 130 valence electrons. The molecule has 11 heteroatoms. The number of thioether (sulfide) groups is 1. The molecular formula is C13H13Cl2N3O4S2. The first-order chi connectivity index (χ1) is 11.1. The molecule has 0 spiro atoms. The molecule has 1 aromatic rings. The van der Waals surface area contributed by atoms with Crippen molar-refractivity contribution in [3.8, 4) is 0 Å². The number of hydrogen-bond donors (Lipinski definition) is 2. The lowest BCUT2D eigenvalue weighted by atomic mass is 10.3. The zero-order valence-corrected chi connectivity index (χ0v) is 15.7. The van der Waals surface area contributed by atoms with Crippen molar-refractivity contribution in [2.45, 2.75) is 4.58 Å². The first-order valence-electron chi connectivity index (χ1n) is 6.48. The molecule has 24 heavy (non-hydrogen) atoms. The highest BCUT2D eigenvalue weighted by Gasteiger charge is 2.40. The van der Waals surface area contributed by atoms with Crippen LogP contribution in [0.4, 0.5) is 10.5 Å². The molecule has 1 aliphatic rings. The maximum atomic E-state index is 12.2. The van der Waals surface area contributed by atoms with Crippen LogP contribution < -0.4 is 10.6 Å². The van der Waals surface area contributed by atoms with E-state index in [9.17, 15) is 18.0 Å². The van der Waals surface area contributed by atoms with E-state index in [-0.39, 0.29) is 21.4 Å². The van der Waals surface area contributed by atoms with Crippen LogP contribution in [0.25, 0.3) is 0 Å². The molecular weight excluding hydrogens is 397 g/mol. The Hall–Kier alpha value is -1.26. The molecule has 2 amide bonds. The van der Waals surface area contributed by atoms with E-state index >= 15 is 0 Å². The molecule has 0 fully saturated rings. The van der Waals surface area contributed by atoms with Gasteiger partial charge < -0.3 is 10.6 Å². The quantitative estimate of drug-likeness (QED) is 0.795. The number of halogens is 2. The van der Waals surface area contributed by atoms with Gasteiger partial charge in [0.05, 0.1) is 21.4 Å². The van der Waals surface area contributed by atoms with E-state index in [1.54, 1.807) is 12.1 Å². The van der Waals surface area contributed by atoms with Crippen LogP contribution in [0.2, 0.25) is 10.0 Å². The normalized spacial score (nSPS) is 17.8. The van der Waals surface area contributed by atoms with Gasteiger partial charge in [-0.2, -0.15) is 0 Å². The monoisotopic (exact) mass is 409 g/mol. The van der Waals surface area contributed by atoms with Crippen LogP contribution in [0.5, 0.6) is 0 Å². The second kappa shape index (κ2) is 7.32. The number of anilines is 1. The van der Waals surface area contributed by atoms with Gasteiger partial charge in [0, 0.05) is 19.5 Å². The number of nitrogens with one attached hydrogen (secondary N) is 2. The summed E-state index contributed by atoms with van der Waals surface area (Å²) in [7, 11) is -1.11. The smallest absolute Gasteiger partial charge is 0.306 e. The van der Waals surface area contributed by atoms with Crippen LogP contribution in [0.15, 0.2) is 29.3 Å². The Morgan fingerprint density at radius 3 is 2.54 bits per heavy atom. The number of ketones is 1. The van der Waals surface area contributed by atoms with Crippen molar-refractivity contribution >= 4 is 62.5 Å². The third-order valence-corrected chi connectivity index (χ3v) is 7.50. The zero-order chi connectivity index (χ0) is 18.1. The predicted octanol–water partition coefficient (Wildman–Crippen LogP) is 2.49. The van der Waals surface area contributed by atoms with Crippen molar-refractivity contribution in [1.29, 1.82) is 0 Å². The fourth-order valence-electron chi connectivity index (χ4n) is 1.74. The predicted molar refractivity (Wildman–Crippen MR) is 95.7 cm³/mol. The minimum absolute atomic E-state index is 0.105. The van der Waals surface area contributed by atoms with Gasteiger partial charge in [-0.05, 0) is 12.1 Å². The van der Waals surface area contributed by atoms with Crippen LogP contribution in [0.1, 0.15) is 0 Å². The fourth-order valence-corrected chi connectivity index (χ4v) is 4.80. The van der Waals surface area contributed by atoms with Crippen LogP contribution in [-0.4, -0.2) is 43.2 Å². The van der Waals surface area contributed by atoms with E-state index in [1.807, 2.05) is 0 Å². The summed E-state index contributed by atoms with van der Waals surface area (Å²) in [5.74, 6) is -0.693. The van der Waals surface area contributed by atoms with Crippen molar-refractivity contribution in [1.82, 2.24) is 9.62 Å². The lowest BCUT2D eigenvalue weighted by molar-refractivity contribution is -0.114. The molecule has 7 nitrogen and oxygen atoms in total. The summed E-state index contributed by atoms with van der Waals surface area (Å²) in [6, 6.07) is 3.96. The largest absolute Gasteiger partial charge is 0.323 e. The van der Waals surface area contributed by atoms with Crippen molar-refractivity contribution in [3.05, 3.63) is 39.3 Å². The van der Waals surface area contributed by atoms with Gasteiger partial charge in [-0.15, -0.1) is 11.8 Å². The molecule has 0 aliphatic carbocycles. The van der Waals surface area contributed by atoms with Crippen molar-refractivity contribution in [2.24, 2.45) is 0 Å². The number of urea groups is 1. The van der Waals surface area contributed by atoms with Crippen molar-refractivity contribution in [3.63, 3.8) is 0 Å². The number of nitrogens with zero attached hydrogens (tertiary/aromatic N) is 1. The molecule has 0 saturated carbocycles. The van der Waals surface area contributed by atoms with E-state index in [2.05, 4.69) is 10.6 Å². The molecule has 1 aliphatic heterocycles. The highest BCUT2D eigenvalue weighted by molar-refractivity contribution is 8.16. The highest BCUT2D eigenvalue weighted by Crippen LogP contribution is 2.32. The Labute approximate surface area is 153 Å². The van der Waals surface area contributed by atoms with E-state index < -0.39 is 26.4 Å². The summed E-state index contributed by atoms with van der Waals surface area (Å²) in [5.41, 5.74) is 0.156. The lowest BCUT2D eigenvalue weighted by Crippen LogP contribution is -2.38. The molecule has 0 saturated heterocycles. The Morgan fingerprint density at radius 2 is 1.92 bits per heavy atom. The number of carbonyl (C=O) groups excluding carboxylic acids is 2. The van der Waals surface area contributed by atoms with E-state index in [1.165, 1.54) is 25.6 Å². The third kappa shape index (κ3) is 3.86. The Bertz CT molecular complexity index is 825. The maximum absolute atomic E-state index is 12.2. The maximum Gasteiger partial charge on any atom is 0.323 e. The Kier molecular flexibility index (Phi) is 5.82. The summed E-state index contributed by atoms with van der Waals surface area (Å²) in [6.45, 7) is 0. The van der Waals surface area contributed by atoms with Crippen molar-refractivity contribution in [2.75, 3.05) is 19.4 Å². The summed E-state index contributed by atoms with van der Waals surface area (Å²) >= 11 is 12.6. The minimum atomic E-state index is -3.78. The van der Waals surface area contributed by atoms with E-state index in [4.69, 9.17) is 23.2 Å². The van der Waals surface area contributed by atoms with Gasteiger partial charge in [0.15, 0.2) is 4.58 Å². The van der Waals surface area contributed by atoms with E-state index in [0.717, 1.165) is 16.1 Å². The van der Waals surface area contributed by atoms with Gasteiger partial charge in [-0.1, -0.05) is 29.3 Å². The molecule has 1 unspecified atom stereocenters. The molecule has 1 aromatic carbocycles. The number of amides is 2. The highest BCUT2D eigenvalue weighted by atomic mass is 35.5. The summed E-state index contributed by atoms with van der Waals surface area (Å²) < 4.78 is 23.7. The van der Waals surface area contributed by atoms with E-state index in [0.29, 0.717) is 0 Å². The van der Waals surface area contributed by atoms with Crippen LogP contribution in [0, 0.1) is 0 Å². The number of rotatable bonds is 4.